The van der Waals surface area contributed by atoms with E-state index in [9.17, 15) is 0 Å². The zero-order chi connectivity index (χ0) is 12.4. The van der Waals surface area contributed by atoms with E-state index < -0.39 is 0 Å². The Hall–Kier alpha value is -0.580. The second-order valence-corrected chi connectivity index (χ2v) is 6.07. The van der Waals surface area contributed by atoms with Gasteiger partial charge in [-0.05, 0) is 37.1 Å². The fourth-order valence-corrected chi connectivity index (χ4v) is 3.07. The summed E-state index contributed by atoms with van der Waals surface area (Å²) in [5, 5.41) is 3.47. The van der Waals surface area contributed by atoms with Crippen LogP contribution in [0.3, 0.4) is 0 Å². The molecule has 0 aliphatic carbocycles. The number of nitrogens with zero attached hydrogens (tertiary/aromatic N) is 1. The summed E-state index contributed by atoms with van der Waals surface area (Å²) in [5.74, 6) is 0. The Morgan fingerprint density at radius 1 is 1.17 bits per heavy atom. The molecule has 18 heavy (non-hydrogen) atoms. The van der Waals surface area contributed by atoms with Crippen molar-refractivity contribution in [3.8, 4) is 0 Å². The van der Waals surface area contributed by atoms with Gasteiger partial charge in [0.2, 0.25) is 0 Å². The van der Waals surface area contributed by atoms with E-state index >= 15 is 0 Å². The number of hydrogen-bond donors (Lipinski definition) is 1. The van der Waals surface area contributed by atoms with Crippen LogP contribution in [0.2, 0.25) is 0 Å². The van der Waals surface area contributed by atoms with Gasteiger partial charge in [0.15, 0.2) is 0 Å². The highest BCUT2D eigenvalue weighted by Gasteiger charge is 2.33. The molecule has 3 nitrogen and oxygen atoms in total. The molecule has 2 heterocycles. The van der Waals surface area contributed by atoms with E-state index in [0.29, 0.717) is 12.2 Å². The number of ether oxygens (including phenoxy) is 1. The SMILES string of the molecule is Brc1ccc(NCCN2CC3CCC(C2)O3)cc1. The fraction of sp³-hybridized carbons (Fsp3) is 0.571. The number of likely N-dealkylation sites (tertiary alicyclic amines) is 1. The first kappa shape index (κ1) is 12.5. The summed E-state index contributed by atoms with van der Waals surface area (Å²) in [6, 6.07) is 8.34. The monoisotopic (exact) mass is 310 g/mol. The minimum Gasteiger partial charge on any atom is -0.384 e. The maximum atomic E-state index is 5.84. The van der Waals surface area contributed by atoms with Crippen molar-refractivity contribution in [2.75, 3.05) is 31.5 Å². The van der Waals surface area contributed by atoms with Gasteiger partial charge >= 0.3 is 0 Å². The second-order valence-electron chi connectivity index (χ2n) is 5.15. The fourth-order valence-electron chi connectivity index (χ4n) is 2.81. The lowest BCUT2D eigenvalue weighted by atomic mass is 10.2. The third-order valence-electron chi connectivity index (χ3n) is 3.72. The highest BCUT2D eigenvalue weighted by atomic mass is 79.9. The third kappa shape index (κ3) is 3.05. The smallest absolute Gasteiger partial charge is 0.0707 e. The van der Waals surface area contributed by atoms with Gasteiger partial charge in [-0.25, -0.2) is 0 Å². The summed E-state index contributed by atoms with van der Waals surface area (Å²) in [6.07, 6.45) is 3.50. The van der Waals surface area contributed by atoms with Crippen LogP contribution in [0.15, 0.2) is 28.7 Å². The molecule has 0 radical (unpaired) electrons. The van der Waals surface area contributed by atoms with Crippen molar-refractivity contribution in [3.05, 3.63) is 28.7 Å². The average Bonchev–Trinajstić information content (AvgIpc) is 2.71. The van der Waals surface area contributed by atoms with E-state index in [1.54, 1.807) is 0 Å². The van der Waals surface area contributed by atoms with Crippen molar-refractivity contribution in [2.24, 2.45) is 0 Å². The number of hydrogen-bond acceptors (Lipinski definition) is 3. The molecular formula is C14H19BrN2O. The molecular weight excluding hydrogens is 292 g/mol. The predicted octanol–water partition coefficient (Wildman–Crippen LogP) is 2.72. The van der Waals surface area contributed by atoms with Gasteiger partial charge in [-0.1, -0.05) is 15.9 Å². The number of halogens is 1. The first-order valence-electron chi connectivity index (χ1n) is 6.67. The molecule has 2 unspecified atom stereocenters. The molecule has 4 heteroatoms. The Morgan fingerprint density at radius 3 is 2.50 bits per heavy atom. The largest absolute Gasteiger partial charge is 0.384 e. The third-order valence-corrected chi connectivity index (χ3v) is 4.25. The molecule has 1 aromatic carbocycles. The molecule has 2 aliphatic heterocycles. The lowest BCUT2D eigenvalue weighted by Crippen LogP contribution is -2.44. The molecule has 1 N–H and O–H groups in total. The van der Waals surface area contributed by atoms with Gasteiger partial charge in [-0.2, -0.15) is 0 Å². The zero-order valence-corrected chi connectivity index (χ0v) is 12.0. The number of anilines is 1. The van der Waals surface area contributed by atoms with Gasteiger partial charge in [-0.3, -0.25) is 4.90 Å². The van der Waals surface area contributed by atoms with Gasteiger partial charge in [0, 0.05) is 36.3 Å². The molecule has 2 saturated heterocycles. The average molecular weight is 311 g/mol. The minimum atomic E-state index is 0.497. The molecule has 1 aromatic rings. The van der Waals surface area contributed by atoms with Crippen LogP contribution in [-0.4, -0.2) is 43.3 Å². The summed E-state index contributed by atoms with van der Waals surface area (Å²) in [7, 11) is 0. The molecule has 98 valence electrons. The maximum absolute atomic E-state index is 5.84. The number of nitrogens with one attached hydrogen (secondary N) is 1. The summed E-state index contributed by atoms with van der Waals surface area (Å²) in [4.78, 5) is 2.53. The Kier molecular flexibility index (Phi) is 3.87. The van der Waals surface area contributed by atoms with Crippen molar-refractivity contribution in [1.29, 1.82) is 0 Å². The van der Waals surface area contributed by atoms with Crippen LogP contribution in [-0.2, 0) is 4.74 Å². The van der Waals surface area contributed by atoms with Crippen molar-refractivity contribution < 1.29 is 4.74 Å². The Balaban J connectivity index is 1.43. The van der Waals surface area contributed by atoms with Crippen molar-refractivity contribution >= 4 is 21.6 Å². The summed E-state index contributed by atoms with van der Waals surface area (Å²) in [6.45, 7) is 4.32. The predicted molar refractivity (Wildman–Crippen MR) is 77.0 cm³/mol. The molecule has 2 fully saturated rings. The maximum Gasteiger partial charge on any atom is 0.0707 e. The summed E-state index contributed by atoms with van der Waals surface area (Å²) >= 11 is 3.45. The normalized spacial score (nSPS) is 27.4. The van der Waals surface area contributed by atoms with Crippen LogP contribution >= 0.6 is 15.9 Å². The Labute approximate surface area is 117 Å². The zero-order valence-electron chi connectivity index (χ0n) is 10.4. The molecule has 0 saturated carbocycles. The quantitative estimate of drug-likeness (QED) is 0.925. The standard InChI is InChI=1S/C14H19BrN2O/c15-11-1-3-12(4-2-11)16-7-8-17-9-13-5-6-14(10-17)18-13/h1-4,13-14,16H,5-10H2. The molecule has 0 spiro atoms. The van der Waals surface area contributed by atoms with E-state index in [0.717, 1.165) is 30.7 Å². The van der Waals surface area contributed by atoms with E-state index in [4.69, 9.17) is 4.74 Å². The second kappa shape index (κ2) is 5.59. The summed E-state index contributed by atoms with van der Waals surface area (Å²) in [5.41, 5.74) is 1.19. The first-order valence-corrected chi connectivity index (χ1v) is 7.46. The summed E-state index contributed by atoms with van der Waals surface area (Å²) < 4.78 is 6.96. The van der Waals surface area contributed by atoms with Crippen LogP contribution < -0.4 is 5.32 Å². The number of rotatable bonds is 4. The van der Waals surface area contributed by atoms with E-state index in [-0.39, 0.29) is 0 Å². The number of morpholine rings is 1. The van der Waals surface area contributed by atoms with Gasteiger partial charge in [0.1, 0.15) is 0 Å². The van der Waals surface area contributed by atoms with Crippen LogP contribution in [0.5, 0.6) is 0 Å². The van der Waals surface area contributed by atoms with Gasteiger partial charge in [-0.15, -0.1) is 0 Å². The van der Waals surface area contributed by atoms with Gasteiger partial charge in [0.05, 0.1) is 12.2 Å². The van der Waals surface area contributed by atoms with Crippen LogP contribution in [0, 0.1) is 0 Å². The lowest BCUT2D eigenvalue weighted by Gasteiger charge is -2.32. The molecule has 2 aliphatic rings. The highest BCUT2D eigenvalue weighted by molar-refractivity contribution is 9.10. The van der Waals surface area contributed by atoms with Crippen molar-refractivity contribution in [2.45, 2.75) is 25.0 Å². The van der Waals surface area contributed by atoms with E-state index in [1.807, 2.05) is 0 Å². The molecule has 3 rings (SSSR count). The molecule has 0 amide bonds. The topological polar surface area (TPSA) is 24.5 Å². The number of fused-ring (bicyclic) bond motifs is 2. The van der Waals surface area contributed by atoms with E-state index in [2.05, 4.69) is 50.4 Å². The number of benzene rings is 1. The Morgan fingerprint density at radius 2 is 1.83 bits per heavy atom. The van der Waals surface area contributed by atoms with E-state index in [1.165, 1.54) is 18.5 Å². The van der Waals surface area contributed by atoms with Crippen LogP contribution in [0.4, 0.5) is 5.69 Å². The highest BCUT2D eigenvalue weighted by Crippen LogP contribution is 2.25. The first-order chi connectivity index (χ1) is 8.79. The van der Waals surface area contributed by atoms with Crippen LogP contribution in [0.1, 0.15) is 12.8 Å². The molecule has 0 aromatic heterocycles. The van der Waals surface area contributed by atoms with Gasteiger partial charge < -0.3 is 10.1 Å². The molecule has 2 bridgehead atoms. The Bertz CT molecular complexity index is 383. The minimum absolute atomic E-state index is 0.497. The van der Waals surface area contributed by atoms with Crippen molar-refractivity contribution in [3.63, 3.8) is 0 Å². The van der Waals surface area contributed by atoms with Crippen LogP contribution in [0.25, 0.3) is 0 Å². The van der Waals surface area contributed by atoms with Gasteiger partial charge in [0.25, 0.3) is 0 Å². The molecule has 2 atom stereocenters. The lowest BCUT2D eigenvalue weighted by molar-refractivity contribution is -0.0368. The van der Waals surface area contributed by atoms with Crippen molar-refractivity contribution in [1.82, 2.24) is 4.90 Å².